The average Bonchev–Trinajstić information content (AvgIpc) is 3.34. The number of nitrogens with one attached hydrogen (secondary N) is 2. The zero-order valence-electron chi connectivity index (χ0n) is 26.1. The normalized spacial score (nSPS) is 16.9. The third kappa shape index (κ3) is 9.03. The first kappa shape index (κ1) is 33.9. The Morgan fingerprint density at radius 3 is 2.38 bits per heavy atom. The van der Waals surface area contributed by atoms with Gasteiger partial charge in [-0.2, -0.15) is 9.82 Å². The van der Waals surface area contributed by atoms with E-state index in [9.17, 15) is 32.7 Å². The number of aryl methyl sites for hydroxylation is 2. The number of nitrogens with zero attached hydrogens (tertiary/aromatic N) is 4. The Kier molecular flexibility index (Phi) is 10.5. The molecule has 3 N–H and O–H groups in total. The summed E-state index contributed by atoms with van der Waals surface area (Å²) in [4.78, 5) is 53.8. The highest BCUT2D eigenvalue weighted by atomic mass is 32.2. The van der Waals surface area contributed by atoms with Crippen LogP contribution in [0, 0.1) is 12.8 Å². The second-order valence-electron chi connectivity index (χ2n) is 12.5. The average molecular weight is 647 g/mol. The molecule has 4 rings (SSSR count). The fourth-order valence-corrected chi connectivity index (χ4v) is 6.45. The number of hydrogen-bond acceptors (Lipinski definition) is 8. The van der Waals surface area contributed by atoms with Crippen LogP contribution in [0.2, 0.25) is 0 Å². The van der Waals surface area contributed by atoms with E-state index in [2.05, 4.69) is 15.1 Å². The molecule has 3 heterocycles. The fourth-order valence-electron chi connectivity index (χ4n) is 5.27. The van der Waals surface area contributed by atoms with Crippen LogP contribution in [-0.2, 0) is 26.1 Å². The van der Waals surface area contributed by atoms with Crippen molar-refractivity contribution in [1.82, 2.24) is 29.6 Å². The zero-order valence-corrected chi connectivity index (χ0v) is 26.9. The van der Waals surface area contributed by atoms with Crippen molar-refractivity contribution in [3.63, 3.8) is 0 Å². The second-order valence-corrected chi connectivity index (χ2v) is 14.2. The van der Waals surface area contributed by atoms with Gasteiger partial charge in [0.05, 0.1) is 4.90 Å². The number of carbonyl (C=O) groups excluding carboxylic acids is 3. The highest BCUT2D eigenvalue weighted by molar-refractivity contribution is 7.89. The Morgan fingerprint density at radius 2 is 1.76 bits per heavy atom. The minimum atomic E-state index is -4.16. The Labute approximate surface area is 263 Å². The smallest absolute Gasteiger partial charge is 0.410 e. The topological polar surface area (TPSA) is 180 Å². The van der Waals surface area contributed by atoms with Crippen LogP contribution in [0.25, 0.3) is 0 Å². The molecule has 15 heteroatoms. The van der Waals surface area contributed by atoms with E-state index < -0.39 is 40.1 Å². The summed E-state index contributed by atoms with van der Waals surface area (Å²) in [5.41, 5.74) is 0.484. The maximum Gasteiger partial charge on any atom is 0.410 e. The zero-order chi connectivity index (χ0) is 32.9. The second kappa shape index (κ2) is 14.0. The molecule has 1 aromatic carbocycles. The van der Waals surface area contributed by atoms with Gasteiger partial charge in [-0.3, -0.25) is 19.1 Å². The van der Waals surface area contributed by atoms with Crippen molar-refractivity contribution in [2.75, 3.05) is 32.7 Å². The van der Waals surface area contributed by atoms with Crippen molar-refractivity contribution in [2.24, 2.45) is 5.92 Å². The molecular formula is C30H42N6O8S. The quantitative estimate of drug-likeness (QED) is 0.349. The number of aliphatic carboxylic acids is 1. The van der Waals surface area contributed by atoms with Crippen molar-refractivity contribution in [2.45, 2.75) is 76.5 Å². The van der Waals surface area contributed by atoms with Gasteiger partial charge in [-0.25, -0.2) is 13.2 Å². The Bertz CT molecular complexity index is 1510. The van der Waals surface area contributed by atoms with E-state index in [1.807, 2.05) is 20.8 Å². The van der Waals surface area contributed by atoms with Gasteiger partial charge in [-0.15, -0.1) is 0 Å². The minimum absolute atomic E-state index is 0.0692. The van der Waals surface area contributed by atoms with Gasteiger partial charge >= 0.3 is 12.1 Å². The molecule has 2 aliphatic rings. The van der Waals surface area contributed by atoms with Gasteiger partial charge in [0.15, 0.2) is 5.69 Å². The van der Waals surface area contributed by atoms with E-state index in [-0.39, 0.29) is 28.3 Å². The molecule has 0 spiro atoms. The number of carbonyl (C=O) groups is 4. The summed E-state index contributed by atoms with van der Waals surface area (Å²) in [5.74, 6) is -2.09. The van der Waals surface area contributed by atoms with E-state index in [4.69, 9.17) is 4.74 Å². The third-order valence-corrected chi connectivity index (χ3v) is 9.27. The van der Waals surface area contributed by atoms with Crippen LogP contribution in [0.5, 0.6) is 0 Å². The molecule has 0 bridgehead atoms. The molecule has 1 atom stereocenters. The number of hydrogen-bond donors (Lipinski definition) is 3. The lowest BCUT2D eigenvalue weighted by Crippen LogP contribution is -2.48. The summed E-state index contributed by atoms with van der Waals surface area (Å²) in [6.45, 7) is 9.49. The Hall–Kier alpha value is -3.98. The first-order valence-electron chi connectivity index (χ1n) is 15.1. The fraction of sp³-hybridized carbons (Fsp3) is 0.567. The van der Waals surface area contributed by atoms with Crippen molar-refractivity contribution in [1.29, 1.82) is 0 Å². The number of ether oxygens (including phenoxy) is 1. The van der Waals surface area contributed by atoms with Crippen LogP contribution in [0.3, 0.4) is 0 Å². The Morgan fingerprint density at radius 1 is 1.09 bits per heavy atom. The lowest BCUT2D eigenvalue weighted by atomic mass is 9.93. The van der Waals surface area contributed by atoms with Gasteiger partial charge in [0.25, 0.3) is 11.8 Å². The summed E-state index contributed by atoms with van der Waals surface area (Å²) in [5, 5.41) is 16.3. The van der Waals surface area contributed by atoms with Crippen LogP contribution in [0.4, 0.5) is 4.79 Å². The standard InChI is InChI=1S/C30H42N6O8S/c1-20-6-8-22(9-7-20)45(42,43)33-24(28(39)40)19-31-26(37)23-18-25-27(38)34(13-5-14-36(25)32-23)15-10-21-11-16-35(17-12-21)29(41)44-30(2,3)4/h6-9,18,21,24,33H,5,10-17,19H2,1-4H3,(H,31,37)(H,39,40). The SMILES string of the molecule is Cc1ccc(S(=O)(=O)NC(CNC(=O)c2cc3n(n2)CCCN(CCC2CCN(C(=O)OC(C)(C)C)CC2)C3=O)C(=O)O)cc1. The summed E-state index contributed by atoms with van der Waals surface area (Å²) in [7, 11) is -4.16. The van der Waals surface area contributed by atoms with Crippen LogP contribution >= 0.6 is 0 Å². The monoisotopic (exact) mass is 646 g/mol. The lowest BCUT2D eigenvalue weighted by molar-refractivity contribution is -0.138. The lowest BCUT2D eigenvalue weighted by Gasteiger charge is -2.34. The molecule has 1 fully saturated rings. The van der Waals surface area contributed by atoms with E-state index in [0.29, 0.717) is 45.1 Å². The van der Waals surface area contributed by atoms with Gasteiger partial charge in [-0.1, -0.05) is 17.7 Å². The number of benzene rings is 1. The largest absolute Gasteiger partial charge is 0.480 e. The number of likely N-dealkylation sites (tertiary alicyclic amines) is 1. The number of piperidine rings is 1. The number of carboxylic acid groups (broad SMARTS) is 1. The number of amides is 3. The highest BCUT2D eigenvalue weighted by Crippen LogP contribution is 2.24. The minimum Gasteiger partial charge on any atom is -0.480 e. The molecule has 2 aliphatic heterocycles. The third-order valence-electron chi connectivity index (χ3n) is 7.78. The van der Waals surface area contributed by atoms with E-state index in [1.165, 1.54) is 22.9 Å². The molecule has 1 aromatic heterocycles. The number of rotatable bonds is 10. The Balaban J connectivity index is 1.31. The summed E-state index contributed by atoms with van der Waals surface area (Å²) < 4.78 is 34.4. The van der Waals surface area contributed by atoms with Crippen LogP contribution in [0.15, 0.2) is 35.2 Å². The van der Waals surface area contributed by atoms with Gasteiger partial charge < -0.3 is 25.0 Å². The van der Waals surface area contributed by atoms with Gasteiger partial charge in [0, 0.05) is 45.3 Å². The number of fused-ring (bicyclic) bond motifs is 1. The molecule has 1 unspecified atom stereocenters. The van der Waals surface area contributed by atoms with Crippen LogP contribution in [-0.4, -0.2) is 101 Å². The summed E-state index contributed by atoms with van der Waals surface area (Å²) >= 11 is 0. The van der Waals surface area contributed by atoms with E-state index >= 15 is 0 Å². The predicted molar refractivity (Wildman–Crippen MR) is 163 cm³/mol. The summed E-state index contributed by atoms with van der Waals surface area (Å²) in [6.07, 6.45) is 2.76. The molecular weight excluding hydrogens is 604 g/mol. The number of carboxylic acids is 1. The maximum atomic E-state index is 13.4. The van der Waals surface area contributed by atoms with Crippen molar-refractivity contribution in [3.05, 3.63) is 47.3 Å². The van der Waals surface area contributed by atoms with Gasteiger partial charge in [0.2, 0.25) is 10.0 Å². The van der Waals surface area contributed by atoms with Crippen molar-refractivity contribution >= 4 is 33.9 Å². The van der Waals surface area contributed by atoms with E-state index in [0.717, 1.165) is 24.8 Å². The molecule has 0 saturated carbocycles. The molecule has 0 aliphatic carbocycles. The first-order chi connectivity index (χ1) is 21.1. The first-order valence-corrected chi connectivity index (χ1v) is 16.6. The van der Waals surface area contributed by atoms with E-state index in [1.54, 1.807) is 28.9 Å². The molecule has 246 valence electrons. The highest BCUT2D eigenvalue weighted by Gasteiger charge is 2.31. The summed E-state index contributed by atoms with van der Waals surface area (Å²) in [6, 6.07) is 5.66. The molecule has 0 radical (unpaired) electrons. The van der Waals surface area contributed by atoms with Gasteiger partial charge in [0.1, 0.15) is 17.3 Å². The molecule has 45 heavy (non-hydrogen) atoms. The predicted octanol–water partition coefficient (Wildman–Crippen LogP) is 2.24. The van der Waals surface area contributed by atoms with Crippen LogP contribution in [0.1, 0.15) is 73.0 Å². The number of aromatic nitrogens is 2. The molecule has 1 saturated heterocycles. The molecule has 14 nitrogen and oxygen atoms in total. The maximum absolute atomic E-state index is 13.4. The number of sulfonamides is 1. The van der Waals surface area contributed by atoms with Crippen LogP contribution < -0.4 is 10.0 Å². The molecule has 2 aromatic rings. The van der Waals surface area contributed by atoms with Crippen molar-refractivity contribution in [3.8, 4) is 0 Å². The van der Waals surface area contributed by atoms with Gasteiger partial charge in [-0.05, 0) is 71.4 Å². The molecule has 3 amide bonds. The van der Waals surface area contributed by atoms with Crippen molar-refractivity contribution < 1.29 is 37.4 Å².